The zero-order chi connectivity index (χ0) is 19.1. The summed E-state index contributed by atoms with van der Waals surface area (Å²) in [5.74, 6) is -0.275. The van der Waals surface area contributed by atoms with E-state index in [1.54, 1.807) is 43.3 Å². The molecule has 0 fully saturated rings. The highest BCUT2D eigenvalue weighted by Crippen LogP contribution is 2.38. The van der Waals surface area contributed by atoms with E-state index in [0.717, 1.165) is 5.56 Å². The molecule has 138 valence electrons. The fourth-order valence-electron chi connectivity index (χ4n) is 3.56. The van der Waals surface area contributed by atoms with Gasteiger partial charge in [0.2, 0.25) is 0 Å². The van der Waals surface area contributed by atoms with Crippen molar-refractivity contribution < 1.29 is 13.2 Å². The summed E-state index contributed by atoms with van der Waals surface area (Å²) in [5.41, 5.74) is 1.95. The van der Waals surface area contributed by atoms with Crippen LogP contribution in [0.25, 0.3) is 0 Å². The molecular formula is C21H20N2O3S. The Morgan fingerprint density at radius 3 is 2.33 bits per heavy atom. The number of carbonyl (C=O) groups is 1. The highest BCUT2D eigenvalue weighted by atomic mass is 32.2. The summed E-state index contributed by atoms with van der Waals surface area (Å²) in [6, 6.07) is 17.9. The summed E-state index contributed by atoms with van der Waals surface area (Å²) in [6.45, 7) is 1.68. The predicted molar refractivity (Wildman–Crippen MR) is 104 cm³/mol. The van der Waals surface area contributed by atoms with E-state index in [1.807, 2.05) is 30.3 Å². The van der Waals surface area contributed by atoms with Gasteiger partial charge in [-0.2, -0.15) is 0 Å². The molecule has 0 aromatic heterocycles. The predicted octanol–water partition coefficient (Wildman–Crippen LogP) is 3.21. The summed E-state index contributed by atoms with van der Waals surface area (Å²) in [6.07, 6.45) is 1.99. The van der Waals surface area contributed by atoms with Gasteiger partial charge in [-0.3, -0.25) is 9.79 Å². The van der Waals surface area contributed by atoms with Gasteiger partial charge in [-0.05, 0) is 43.5 Å². The molecule has 1 amide bonds. The Kier molecular flexibility index (Phi) is 4.23. The van der Waals surface area contributed by atoms with Crippen molar-refractivity contribution >= 4 is 21.5 Å². The van der Waals surface area contributed by atoms with Gasteiger partial charge in [0.05, 0.1) is 20.9 Å². The molecule has 0 saturated carbocycles. The Labute approximate surface area is 158 Å². The second kappa shape index (κ2) is 6.46. The molecule has 2 aliphatic rings. The minimum atomic E-state index is -3.61. The van der Waals surface area contributed by atoms with E-state index < -0.39 is 20.8 Å². The van der Waals surface area contributed by atoms with Crippen molar-refractivity contribution in [3.05, 3.63) is 77.9 Å². The van der Waals surface area contributed by atoms with Crippen molar-refractivity contribution in [1.82, 2.24) is 5.32 Å². The standard InChI is InChI=1S/C21H20N2O3S/c1-21(27(25,26)16-10-6-3-7-11-16)13-12-18-17(14-21)20(24)23-19(22-18)15-8-4-2-5-9-15/h2-11,14,19H,12-13H2,1H3,(H,23,24). The maximum Gasteiger partial charge on any atom is 0.254 e. The lowest BCUT2D eigenvalue weighted by Crippen LogP contribution is -2.44. The number of rotatable bonds is 3. The minimum Gasteiger partial charge on any atom is -0.326 e. The van der Waals surface area contributed by atoms with Gasteiger partial charge >= 0.3 is 0 Å². The van der Waals surface area contributed by atoms with Crippen LogP contribution in [0.15, 0.2) is 82.2 Å². The number of sulfone groups is 1. The molecule has 2 aromatic rings. The summed E-state index contributed by atoms with van der Waals surface area (Å²) >= 11 is 0. The Morgan fingerprint density at radius 1 is 1.04 bits per heavy atom. The molecule has 2 unspecified atom stereocenters. The smallest absolute Gasteiger partial charge is 0.254 e. The Bertz CT molecular complexity index is 1040. The van der Waals surface area contributed by atoms with Crippen LogP contribution in [0.2, 0.25) is 0 Å². The van der Waals surface area contributed by atoms with Gasteiger partial charge in [-0.1, -0.05) is 48.5 Å². The fourth-order valence-corrected chi connectivity index (χ4v) is 5.25. The van der Waals surface area contributed by atoms with Crippen molar-refractivity contribution in [3.63, 3.8) is 0 Å². The van der Waals surface area contributed by atoms with Gasteiger partial charge in [0.1, 0.15) is 6.17 Å². The third-order valence-corrected chi connectivity index (χ3v) is 7.64. The van der Waals surface area contributed by atoms with Crippen LogP contribution in [0.5, 0.6) is 0 Å². The summed E-state index contributed by atoms with van der Waals surface area (Å²) < 4.78 is 25.2. The van der Waals surface area contributed by atoms with Gasteiger partial charge in [0.15, 0.2) is 9.84 Å². The Morgan fingerprint density at radius 2 is 1.67 bits per heavy atom. The van der Waals surface area contributed by atoms with Crippen LogP contribution in [0.3, 0.4) is 0 Å². The second-order valence-electron chi connectivity index (χ2n) is 7.05. The van der Waals surface area contributed by atoms with E-state index in [-0.39, 0.29) is 10.8 Å². The quantitative estimate of drug-likeness (QED) is 0.888. The van der Waals surface area contributed by atoms with Crippen molar-refractivity contribution in [2.75, 3.05) is 0 Å². The number of benzene rings is 2. The molecule has 2 atom stereocenters. The molecule has 0 bridgehead atoms. The topological polar surface area (TPSA) is 75.6 Å². The molecule has 6 heteroatoms. The van der Waals surface area contributed by atoms with Crippen LogP contribution < -0.4 is 5.32 Å². The molecule has 0 saturated heterocycles. The molecule has 0 spiro atoms. The van der Waals surface area contributed by atoms with Crippen molar-refractivity contribution in [2.45, 2.75) is 35.6 Å². The normalized spacial score (nSPS) is 25.1. The summed E-state index contributed by atoms with van der Waals surface area (Å²) in [7, 11) is -3.61. The molecule has 1 aliphatic heterocycles. The van der Waals surface area contributed by atoms with Gasteiger partial charge in [-0.15, -0.1) is 0 Å². The molecule has 27 heavy (non-hydrogen) atoms. The molecule has 1 aliphatic carbocycles. The van der Waals surface area contributed by atoms with E-state index in [2.05, 4.69) is 10.3 Å². The highest BCUT2D eigenvalue weighted by molar-refractivity contribution is 7.93. The van der Waals surface area contributed by atoms with E-state index >= 15 is 0 Å². The Balaban J connectivity index is 1.73. The lowest BCUT2D eigenvalue weighted by molar-refractivity contribution is -0.118. The van der Waals surface area contributed by atoms with E-state index in [9.17, 15) is 13.2 Å². The highest BCUT2D eigenvalue weighted by Gasteiger charge is 2.44. The van der Waals surface area contributed by atoms with Gasteiger partial charge in [0, 0.05) is 0 Å². The molecule has 0 radical (unpaired) electrons. The number of hydrogen-bond donors (Lipinski definition) is 1. The zero-order valence-corrected chi connectivity index (χ0v) is 15.7. The Hall–Kier alpha value is -2.73. The number of carbonyl (C=O) groups excluding carboxylic acids is 1. The molecule has 1 N–H and O–H groups in total. The third-order valence-electron chi connectivity index (χ3n) is 5.20. The lowest BCUT2D eigenvalue weighted by Gasteiger charge is -2.34. The van der Waals surface area contributed by atoms with Gasteiger partial charge in [0.25, 0.3) is 5.91 Å². The maximum atomic E-state index is 13.2. The van der Waals surface area contributed by atoms with Crippen LogP contribution in [0, 0.1) is 0 Å². The van der Waals surface area contributed by atoms with Crippen LogP contribution in [-0.4, -0.2) is 24.8 Å². The minimum absolute atomic E-state index is 0.267. The first-order valence-electron chi connectivity index (χ1n) is 8.86. The largest absolute Gasteiger partial charge is 0.326 e. The van der Waals surface area contributed by atoms with Crippen LogP contribution in [0.4, 0.5) is 0 Å². The van der Waals surface area contributed by atoms with Crippen LogP contribution in [-0.2, 0) is 14.6 Å². The molecular weight excluding hydrogens is 360 g/mol. The fraction of sp³-hybridized carbons (Fsp3) is 0.238. The van der Waals surface area contributed by atoms with Crippen molar-refractivity contribution in [3.8, 4) is 0 Å². The first-order valence-corrected chi connectivity index (χ1v) is 10.3. The average Bonchev–Trinajstić information content (AvgIpc) is 2.69. The summed E-state index contributed by atoms with van der Waals surface area (Å²) in [4.78, 5) is 17.6. The average molecular weight is 380 g/mol. The zero-order valence-electron chi connectivity index (χ0n) is 14.9. The van der Waals surface area contributed by atoms with Crippen molar-refractivity contribution in [1.29, 1.82) is 0 Å². The third kappa shape index (κ3) is 3.00. The number of hydrogen-bond acceptors (Lipinski definition) is 4. The monoisotopic (exact) mass is 380 g/mol. The van der Waals surface area contributed by atoms with E-state index in [4.69, 9.17) is 0 Å². The van der Waals surface area contributed by atoms with E-state index in [1.165, 1.54) is 0 Å². The number of fused-ring (bicyclic) bond motifs is 1. The van der Waals surface area contributed by atoms with Crippen LogP contribution in [0.1, 0.15) is 31.5 Å². The SMILES string of the molecule is CC1(S(=O)(=O)c2ccccc2)C=C2C(=O)NC(c3ccccc3)N=C2CC1. The first-order chi connectivity index (χ1) is 12.9. The molecule has 5 nitrogen and oxygen atoms in total. The lowest BCUT2D eigenvalue weighted by atomic mass is 9.87. The summed E-state index contributed by atoms with van der Waals surface area (Å²) in [5, 5.41) is 2.87. The molecule has 1 heterocycles. The van der Waals surface area contributed by atoms with Crippen LogP contribution >= 0.6 is 0 Å². The van der Waals surface area contributed by atoms with E-state index in [0.29, 0.717) is 24.1 Å². The van der Waals surface area contributed by atoms with Gasteiger partial charge in [-0.25, -0.2) is 8.42 Å². The number of nitrogens with zero attached hydrogens (tertiary/aromatic N) is 1. The molecule has 4 rings (SSSR count). The number of nitrogens with one attached hydrogen (secondary N) is 1. The number of amides is 1. The molecule has 2 aromatic carbocycles. The number of aliphatic imine (C=N–C) groups is 1. The van der Waals surface area contributed by atoms with Gasteiger partial charge < -0.3 is 5.32 Å². The maximum absolute atomic E-state index is 13.2. The first kappa shape index (κ1) is 17.7. The van der Waals surface area contributed by atoms with Crippen molar-refractivity contribution in [2.24, 2.45) is 4.99 Å². The second-order valence-corrected chi connectivity index (χ2v) is 9.46.